The number of aryl methyl sites for hydroxylation is 1. The standard InChI is InChI=1S/C25H36N2O5S/c1-4-9-27(10-5-2)25(31)20-14-18(3)13-19(15-20)24(30)26-16-22(28)23(29)17-32-11-8-21-7-6-12-33-21/h6-7,12-15,22-23,28-29H,4-5,8-11,16-17H2,1-3H3,(H,26,30). The summed E-state index contributed by atoms with van der Waals surface area (Å²) in [5.41, 5.74) is 1.63. The van der Waals surface area contributed by atoms with Gasteiger partial charge in [-0.3, -0.25) is 9.59 Å². The molecule has 1 heterocycles. The summed E-state index contributed by atoms with van der Waals surface area (Å²) < 4.78 is 5.44. The highest BCUT2D eigenvalue weighted by molar-refractivity contribution is 7.09. The molecule has 2 atom stereocenters. The lowest BCUT2D eigenvalue weighted by Crippen LogP contribution is -2.41. The number of benzene rings is 1. The molecule has 0 radical (unpaired) electrons. The summed E-state index contributed by atoms with van der Waals surface area (Å²) in [7, 11) is 0. The van der Waals surface area contributed by atoms with E-state index >= 15 is 0 Å². The highest BCUT2D eigenvalue weighted by Gasteiger charge is 2.20. The van der Waals surface area contributed by atoms with Crippen molar-refractivity contribution < 1.29 is 24.5 Å². The lowest BCUT2D eigenvalue weighted by Gasteiger charge is -2.22. The quantitative estimate of drug-likeness (QED) is 0.364. The molecule has 0 aliphatic heterocycles. The largest absolute Gasteiger partial charge is 0.388 e. The van der Waals surface area contributed by atoms with Crippen LogP contribution in [-0.2, 0) is 11.2 Å². The fourth-order valence-corrected chi connectivity index (χ4v) is 4.14. The molecule has 7 nitrogen and oxygen atoms in total. The number of carbonyl (C=O) groups excluding carboxylic acids is 2. The van der Waals surface area contributed by atoms with Crippen LogP contribution in [0, 0.1) is 6.92 Å². The van der Waals surface area contributed by atoms with Gasteiger partial charge in [0, 0.05) is 42.1 Å². The number of nitrogens with zero attached hydrogens (tertiary/aromatic N) is 1. The van der Waals surface area contributed by atoms with E-state index in [0.717, 1.165) is 24.8 Å². The van der Waals surface area contributed by atoms with Crippen molar-refractivity contribution in [1.82, 2.24) is 10.2 Å². The molecule has 0 aliphatic carbocycles. The molecule has 0 saturated carbocycles. The van der Waals surface area contributed by atoms with Gasteiger partial charge in [0.25, 0.3) is 11.8 Å². The van der Waals surface area contributed by atoms with Crippen LogP contribution >= 0.6 is 11.3 Å². The second-order valence-electron chi connectivity index (χ2n) is 8.13. The lowest BCUT2D eigenvalue weighted by atomic mass is 10.0. The number of hydrogen-bond donors (Lipinski definition) is 3. The molecule has 2 rings (SSSR count). The number of nitrogens with one attached hydrogen (secondary N) is 1. The highest BCUT2D eigenvalue weighted by atomic mass is 32.1. The topological polar surface area (TPSA) is 99.1 Å². The molecule has 0 aliphatic rings. The van der Waals surface area contributed by atoms with Crippen LogP contribution in [0.3, 0.4) is 0 Å². The number of amides is 2. The second kappa shape index (κ2) is 14.1. The zero-order valence-electron chi connectivity index (χ0n) is 19.8. The zero-order valence-corrected chi connectivity index (χ0v) is 20.6. The minimum absolute atomic E-state index is 0.0177. The first-order valence-electron chi connectivity index (χ1n) is 11.5. The van der Waals surface area contributed by atoms with Crippen molar-refractivity contribution in [3.05, 3.63) is 57.3 Å². The maximum Gasteiger partial charge on any atom is 0.253 e. The molecular weight excluding hydrogens is 440 g/mol. The number of rotatable bonds is 14. The number of carbonyl (C=O) groups is 2. The van der Waals surface area contributed by atoms with Crippen LogP contribution in [0.25, 0.3) is 0 Å². The van der Waals surface area contributed by atoms with Crippen LogP contribution in [0.5, 0.6) is 0 Å². The summed E-state index contributed by atoms with van der Waals surface area (Å²) in [6.07, 6.45) is 0.205. The van der Waals surface area contributed by atoms with E-state index in [1.807, 2.05) is 38.3 Å². The average Bonchev–Trinajstić information content (AvgIpc) is 3.32. The maximum absolute atomic E-state index is 12.9. The molecule has 0 spiro atoms. The summed E-state index contributed by atoms with van der Waals surface area (Å²) in [6, 6.07) is 9.06. The maximum atomic E-state index is 12.9. The predicted octanol–water partition coefficient (Wildman–Crippen LogP) is 3.03. The minimum atomic E-state index is -1.16. The van der Waals surface area contributed by atoms with Gasteiger partial charge in [-0.05, 0) is 55.0 Å². The van der Waals surface area contributed by atoms with E-state index in [1.165, 1.54) is 4.88 Å². The van der Waals surface area contributed by atoms with Crippen molar-refractivity contribution >= 4 is 23.2 Å². The molecule has 2 aromatic rings. The summed E-state index contributed by atoms with van der Waals surface area (Å²) in [5, 5.41) is 24.9. The van der Waals surface area contributed by atoms with Gasteiger partial charge < -0.3 is 25.2 Å². The summed E-state index contributed by atoms with van der Waals surface area (Å²) in [4.78, 5) is 28.6. The van der Waals surface area contributed by atoms with Crippen LogP contribution in [0.1, 0.15) is 57.8 Å². The van der Waals surface area contributed by atoms with Crippen LogP contribution in [-0.4, -0.2) is 72.0 Å². The predicted molar refractivity (Wildman–Crippen MR) is 131 cm³/mol. The van der Waals surface area contributed by atoms with Gasteiger partial charge in [0.1, 0.15) is 6.10 Å². The molecule has 2 amide bonds. The van der Waals surface area contributed by atoms with Crippen LogP contribution < -0.4 is 5.32 Å². The van der Waals surface area contributed by atoms with Gasteiger partial charge in [0.15, 0.2) is 0 Å². The first kappa shape index (κ1) is 27.0. The van der Waals surface area contributed by atoms with Gasteiger partial charge in [-0.2, -0.15) is 0 Å². The summed E-state index contributed by atoms with van der Waals surface area (Å²) >= 11 is 1.64. The fraction of sp³-hybridized carbons (Fsp3) is 0.520. The van der Waals surface area contributed by atoms with E-state index in [0.29, 0.717) is 30.8 Å². The minimum Gasteiger partial charge on any atom is -0.388 e. The fourth-order valence-electron chi connectivity index (χ4n) is 3.45. The number of aliphatic hydroxyl groups excluding tert-OH is 2. The number of aliphatic hydroxyl groups is 2. The SMILES string of the molecule is CCCN(CCC)C(=O)c1cc(C)cc(C(=O)NCC(O)C(O)COCCc2cccs2)c1. The molecule has 0 bridgehead atoms. The first-order valence-corrected chi connectivity index (χ1v) is 12.4. The Morgan fingerprint density at radius 3 is 2.42 bits per heavy atom. The molecule has 0 saturated heterocycles. The Morgan fingerprint density at radius 1 is 1.09 bits per heavy atom. The van der Waals surface area contributed by atoms with Crippen molar-refractivity contribution in [3.8, 4) is 0 Å². The van der Waals surface area contributed by atoms with E-state index in [4.69, 9.17) is 4.74 Å². The van der Waals surface area contributed by atoms with Gasteiger partial charge in [-0.15, -0.1) is 11.3 Å². The molecule has 2 unspecified atom stereocenters. The Bertz CT molecular complexity index is 866. The van der Waals surface area contributed by atoms with Crippen LogP contribution in [0.4, 0.5) is 0 Å². The monoisotopic (exact) mass is 476 g/mol. The molecule has 1 aromatic carbocycles. The second-order valence-corrected chi connectivity index (χ2v) is 9.16. The molecular formula is C25H36N2O5S. The Kier molecular flexibility index (Phi) is 11.5. The number of thiophene rings is 1. The first-order chi connectivity index (χ1) is 15.8. The summed E-state index contributed by atoms with van der Waals surface area (Å²) in [5.74, 6) is -0.498. The van der Waals surface area contributed by atoms with E-state index in [9.17, 15) is 19.8 Å². The van der Waals surface area contributed by atoms with Crippen LogP contribution in [0.2, 0.25) is 0 Å². The molecule has 8 heteroatoms. The van der Waals surface area contributed by atoms with E-state index in [2.05, 4.69) is 5.32 Å². The van der Waals surface area contributed by atoms with Gasteiger partial charge in [-0.1, -0.05) is 19.9 Å². The lowest BCUT2D eigenvalue weighted by molar-refractivity contribution is -0.0355. The molecule has 182 valence electrons. The third-order valence-corrected chi connectivity index (χ3v) is 6.07. The Morgan fingerprint density at radius 2 is 1.79 bits per heavy atom. The average molecular weight is 477 g/mol. The normalized spacial score (nSPS) is 12.9. The highest BCUT2D eigenvalue weighted by Crippen LogP contribution is 2.14. The van der Waals surface area contributed by atoms with Gasteiger partial charge >= 0.3 is 0 Å². The van der Waals surface area contributed by atoms with Crippen LogP contribution in [0.15, 0.2) is 35.7 Å². The number of hydrogen-bond acceptors (Lipinski definition) is 6. The van der Waals surface area contributed by atoms with Gasteiger partial charge in [-0.25, -0.2) is 0 Å². The van der Waals surface area contributed by atoms with E-state index in [1.54, 1.807) is 34.4 Å². The smallest absolute Gasteiger partial charge is 0.253 e. The summed E-state index contributed by atoms with van der Waals surface area (Å²) in [6.45, 7) is 7.54. The van der Waals surface area contributed by atoms with Crippen molar-refractivity contribution in [1.29, 1.82) is 0 Å². The van der Waals surface area contributed by atoms with Crippen molar-refractivity contribution in [2.75, 3.05) is 32.8 Å². The third kappa shape index (κ3) is 8.89. The molecule has 1 aromatic heterocycles. The van der Waals surface area contributed by atoms with Gasteiger partial charge in [0.2, 0.25) is 0 Å². The van der Waals surface area contributed by atoms with E-state index < -0.39 is 18.1 Å². The third-order valence-electron chi connectivity index (χ3n) is 5.14. The van der Waals surface area contributed by atoms with E-state index in [-0.39, 0.29) is 19.1 Å². The van der Waals surface area contributed by atoms with Crippen molar-refractivity contribution in [2.24, 2.45) is 0 Å². The Hall–Kier alpha value is -2.26. The van der Waals surface area contributed by atoms with Crippen molar-refractivity contribution in [2.45, 2.75) is 52.2 Å². The zero-order chi connectivity index (χ0) is 24.2. The molecule has 33 heavy (non-hydrogen) atoms. The Balaban J connectivity index is 1.87. The molecule has 3 N–H and O–H groups in total. The Labute approximate surface area is 200 Å². The van der Waals surface area contributed by atoms with Crippen molar-refractivity contribution in [3.63, 3.8) is 0 Å². The van der Waals surface area contributed by atoms with Gasteiger partial charge in [0.05, 0.1) is 19.3 Å². The number of ether oxygens (including phenoxy) is 1. The molecule has 0 fully saturated rings.